The van der Waals surface area contributed by atoms with Crippen LogP contribution in [0.3, 0.4) is 0 Å². The maximum absolute atomic E-state index is 12.7. The summed E-state index contributed by atoms with van der Waals surface area (Å²) < 4.78 is 6.04. The van der Waals surface area contributed by atoms with Crippen molar-refractivity contribution < 1.29 is 4.74 Å². The van der Waals surface area contributed by atoms with Gasteiger partial charge in [0, 0.05) is 31.4 Å². The van der Waals surface area contributed by atoms with Crippen molar-refractivity contribution in [1.82, 2.24) is 20.3 Å². The van der Waals surface area contributed by atoms with Gasteiger partial charge in [0.25, 0.3) is 5.56 Å². The fraction of sp³-hybridized carbons (Fsp3) is 0.632. The zero-order valence-electron chi connectivity index (χ0n) is 16.1. The van der Waals surface area contributed by atoms with Crippen LogP contribution in [0.4, 0.5) is 5.95 Å². The molecule has 0 aliphatic carbocycles. The number of H-pyrrole nitrogens is 1. The second-order valence-corrected chi connectivity index (χ2v) is 7.08. The number of aromatic nitrogens is 3. The molecule has 3 heterocycles. The standard InChI is InChI=1S/C19H29N5O2/c1-5-9-24(10-6-2)19-22-15-14(18(25)23-19)7-8-20-16(15)17-13(4)21-12(3)11-26-17/h7-8,12-13,17,21H,5-6,9-11H2,1-4H3,(H,22,23,25)/t12-,13-,17?/m0/s1. The Labute approximate surface area is 154 Å². The third-order valence-electron chi connectivity index (χ3n) is 4.72. The minimum Gasteiger partial charge on any atom is -0.369 e. The Bertz CT molecular complexity index is 800. The Morgan fingerprint density at radius 3 is 2.65 bits per heavy atom. The predicted molar refractivity (Wildman–Crippen MR) is 104 cm³/mol. The lowest BCUT2D eigenvalue weighted by Gasteiger charge is -2.34. The highest BCUT2D eigenvalue weighted by Gasteiger charge is 2.30. The lowest BCUT2D eigenvalue weighted by Crippen LogP contribution is -2.47. The Morgan fingerprint density at radius 2 is 2.00 bits per heavy atom. The molecule has 2 aromatic rings. The minimum atomic E-state index is -0.220. The lowest BCUT2D eigenvalue weighted by molar-refractivity contribution is -0.0222. The second-order valence-electron chi connectivity index (χ2n) is 7.08. The Kier molecular flexibility index (Phi) is 5.88. The molecule has 1 unspecified atom stereocenters. The van der Waals surface area contributed by atoms with Crippen molar-refractivity contribution in [2.45, 2.75) is 58.7 Å². The largest absolute Gasteiger partial charge is 0.369 e. The molecule has 0 spiro atoms. The molecule has 1 aliphatic heterocycles. The highest BCUT2D eigenvalue weighted by molar-refractivity contribution is 5.81. The molecule has 3 atom stereocenters. The molecule has 0 bridgehead atoms. The Morgan fingerprint density at radius 1 is 1.27 bits per heavy atom. The van der Waals surface area contributed by atoms with E-state index in [4.69, 9.17) is 9.72 Å². The van der Waals surface area contributed by atoms with Gasteiger partial charge >= 0.3 is 0 Å². The van der Waals surface area contributed by atoms with Crippen LogP contribution in [0.2, 0.25) is 0 Å². The predicted octanol–water partition coefficient (Wildman–Crippen LogP) is 2.38. The van der Waals surface area contributed by atoms with Crippen LogP contribution in [0.25, 0.3) is 10.9 Å². The summed E-state index contributed by atoms with van der Waals surface area (Å²) in [5.74, 6) is 0.616. The second kappa shape index (κ2) is 8.14. The van der Waals surface area contributed by atoms with E-state index in [1.54, 1.807) is 12.3 Å². The Hall–Kier alpha value is -1.99. The highest BCUT2D eigenvalue weighted by Crippen LogP contribution is 2.28. The number of hydrogen-bond acceptors (Lipinski definition) is 6. The van der Waals surface area contributed by atoms with Crippen molar-refractivity contribution in [3.05, 3.63) is 28.3 Å². The number of pyridine rings is 1. The molecule has 7 nitrogen and oxygen atoms in total. The molecular weight excluding hydrogens is 330 g/mol. The van der Waals surface area contributed by atoms with Crippen LogP contribution in [0.5, 0.6) is 0 Å². The number of ether oxygens (including phenoxy) is 1. The first-order chi connectivity index (χ1) is 12.5. The van der Waals surface area contributed by atoms with Gasteiger partial charge < -0.3 is 15.0 Å². The molecule has 2 N–H and O–H groups in total. The van der Waals surface area contributed by atoms with Gasteiger partial charge in [-0.05, 0) is 32.8 Å². The zero-order valence-corrected chi connectivity index (χ0v) is 16.1. The van der Waals surface area contributed by atoms with Gasteiger partial charge in [-0.2, -0.15) is 0 Å². The average Bonchev–Trinajstić information content (AvgIpc) is 2.61. The number of aromatic amines is 1. The van der Waals surface area contributed by atoms with Gasteiger partial charge in [-0.3, -0.25) is 14.8 Å². The van der Waals surface area contributed by atoms with E-state index in [1.165, 1.54) is 0 Å². The minimum absolute atomic E-state index is 0.101. The first kappa shape index (κ1) is 18.8. The van der Waals surface area contributed by atoms with Crippen LogP contribution in [-0.4, -0.2) is 46.7 Å². The monoisotopic (exact) mass is 359 g/mol. The topological polar surface area (TPSA) is 83.1 Å². The number of morpholine rings is 1. The number of hydrogen-bond donors (Lipinski definition) is 2. The summed E-state index contributed by atoms with van der Waals surface area (Å²) in [6.45, 7) is 10.7. The van der Waals surface area contributed by atoms with Crippen LogP contribution in [0.15, 0.2) is 17.1 Å². The maximum atomic E-state index is 12.7. The van der Waals surface area contributed by atoms with E-state index in [0.717, 1.165) is 31.6 Å². The third kappa shape index (κ3) is 3.73. The third-order valence-corrected chi connectivity index (χ3v) is 4.72. The van der Waals surface area contributed by atoms with Crippen LogP contribution in [0, 0.1) is 0 Å². The van der Waals surface area contributed by atoms with Gasteiger partial charge in [0.15, 0.2) is 0 Å². The highest BCUT2D eigenvalue weighted by atomic mass is 16.5. The molecule has 7 heteroatoms. The number of fused-ring (bicyclic) bond motifs is 1. The maximum Gasteiger partial charge on any atom is 0.260 e. The first-order valence-electron chi connectivity index (χ1n) is 9.56. The summed E-state index contributed by atoms with van der Waals surface area (Å²) in [6, 6.07) is 2.12. The van der Waals surface area contributed by atoms with Gasteiger partial charge in [-0.1, -0.05) is 13.8 Å². The van der Waals surface area contributed by atoms with E-state index in [0.29, 0.717) is 29.5 Å². The molecular formula is C19H29N5O2. The summed E-state index contributed by atoms with van der Waals surface area (Å²) in [4.78, 5) is 27.1. The molecule has 0 saturated carbocycles. The van der Waals surface area contributed by atoms with E-state index < -0.39 is 0 Å². The zero-order chi connectivity index (χ0) is 18.7. The molecule has 1 aliphatic rings. The Balaban J connectivity index is 2.08. The molecule has 0 radical (unpaired) electrons. The van der Waals surface area contributed by atoms with Gasteiger partial charge in [0.1, 0.15) is 11.6 Å². The first-order valence-corrected chi connectivity index (χ1v) is 9.56. The molecule has 0 aromatic carbocycles. The summed E-state index contributed by atoms with van der Waals surface area (Å²) in [6.07, 6.45) is 3.43. The molecule has 1 fully saturated rings. The number of rotatable bonds is 6. The van der Waals surface area contributed by atoms with Crippen molar-refractivity contribution in [3.63, 3.8) is 0 Å². The van der Waals surface area contributed by atoms with E-state index in [2.05, 4.69) is 47.9 Å². The van der Waals surface area contributed by atoms with E-state index >= 15 is 0 Å². The summed E-state index contributed by atoms with van der Waals surface area (Å²) >= 11 is 0. The van der Waals surface area contributed by atoms with E-state index in [-0.39, 0.29) is 17.7 Å². The number of anilines is 1. The van der Waals surface area contributed by atoms with Crippen LogP contribution in [-0.2, 0) is 4.74 Å². The molecule has 1 saturated heterocycles. The van der Waals surface area contributed by atoms with Crippen LogP contribution < -0.4 is 15.8 Å². The fourth-order valence-electron chi connectivity index (χ4n) is 3.59. The van der Waals surface area contributed by atoms with Crippen molar-refractivity contribution in [3.8, 4) is 0 Å². The van der Waals surface area contributed by atoms with Crippen molar-refractivity contribution in [2.24, 2.45) is 0 Å². The molecule has 2 aromatic heterocycles. The molecule has 0 amide bonds. The lowest BCUT2D eigenvalue weighted by atomic mass is 10.0. The summed E-state index contributed by atoms with van der Waals surface area (Å²) in [5, 5.41) is 4.05. The van der Waals surface area contributed by atoms with Gasteiger partial charge in [0.2, 0.25) is 5.95 Å². The molecule has 3 rings (SSSR count). The van der Waals surface area contributed by atoms with E-state index in [1.807, 2.05) is 0 Å². The normalized spacial score (nSPS) is 23.3. The SMILES string of the molecule is CCCN(CCC)c1nc2c(C3OC[C@H](C)N[C@H]3C)nccc2c(=O)[nH]1. The van der Waals surface area contributed by atoms with Gasteiger partial charge in [-0.15, -0.1) is 0 Å². The summed E-state index contributed by atoms with van der Waals surface area (Å²) in [5.41, 5.74) is 1.24. The number of nitrogens with zero attached hydrogens (tertiary/aromatic N) is 3. The smallest absolute Gasteiger partial charge is 0.260 e. The van der Waals surface area contributed by atoms with Crippen molar-refractivity contribution in [1.29, 1.82) is 0 Å². The number of nitrogens with one attached hydrogen (secondary N) is 2. The van der Waals surface area contributed by atoms with Crippen LogP contribution >= 0.6 is 0 Å². The molecule has 26 heavy (non-hydrogen) atoms. The summed E-state index contributed by atoms with van der Waals surface area (Å²) in [7, 11) is 0. The van der Waals surface area contributed by atoms with Gasteiger partial charge in [0.05, 0.1) is 17.7 Å². The quantitative estimate of drug-likeness (QED) is 0.824. The average molecular weight is 359 g/mol. The van der Waals surface area contributed by atoms with Gasteiger partial charge in [-0.25, -0.2) is 4.98 Å². The fourth-order valence-corrected chi connectivity index (χ4v) is 3.59. The van der Waals surface area contributed by atoms with E-state index in [9.17, 15) is 4.79 Å². The molecule has 142 valence electrons. The van der Waals surface area contributed by atoms with Crippen LogP contribution in [0.1, 0.15) is 52.3 Å². The van der Waals surface area contributed by atoms with Crippen molar-refractivity contribution in [2.75, 3.05) is 24.6 Å². The van der Waals surface area contributed by atoms with Crippen molar-refractivity contribution >= 4 is 16.9 Å².